The molecule has 0 saturated carbocycles. The zero-order valence-corrected chi connectivity index (χ0v) is 14.0. The van der Waals surface area contributed by atoms with Crippen LogP contribution in [-0.2, 0) is 9.53 Å². The Kier molecular flexibility index (Phi) is 5.61. The van der Waals surface area contributed by atoms with Crippen molar-refractivity contribution in [2.45, 2.75) is 39.0 Å². The number of morpholine rings is 1. The number of hydrogen-bond donors (Lipinski definition) is 3. The van der Waals surface area contributed by atoms with Crippen LogP contribution in [0.5, 0.6) is 0 Å². The molecule has 1 aliphatic rings. The minimum Gasteiger partial charge on any atom is -0.374 e. The monoisotopic (exact) mass is 338 g/mol. The summed E-state index contributed by atoms with van der Waals surface area (Å²) in [6.07, 6.45) is 0.0620. The Hall–Kier alpha value is -2.35. The van der Waals surface area contributed by atoms with E-state index in [0.717, 1.165) is 0 Å². The van der Waals surface area contributed by atoms with Crippen molar-refractivity contribution < 1.29 is 18.7 Å². The van der Waals surface area contributed by atoms with Crippen LogP contribution in [0.1, 0.15) is 20.8 Å². The molecule has 1 saturated heterocycles. The highest BCUT2D eigenvalue weighted by Crippen LogP contribution is 2.26. The minimum atomic E-state index is -0.925. The molecule has 1 aromatic rings. The highest BCUT2D eigenvalue weighted by molar-refractivity contribution is 5.97. The highest BCUT2D eigenvalue weighted by Gasteiger charge is 2.24. The Morgan fingerprint density at radius 3 is 2.50 bits per heavy atom. The second-order valence-corrected chi connectivity index (χ2v) is 6.05. The van der Waals surface area contributed by atoms with Crippen LogP contribution in [-0.4, -0.2) is 43.3 Å². The van der Waals surface area contributed by atoms with Gasteiger partial charge in [-0.2, -0.15) is 0 Å². The average molecular weight is 338 g/mol. The molecule has 0 aliphatic carbocycles. The quantitative estimate of drug-likeness (QED) is 0.772. The van der Waals surface area contributed by atoms with Gasteiger partial charge >= 0.3 is 6.03 Å². The molecule has 2 rings (SSSR count). The van der Waals surface area contributed by atoms with E-state index in [9.17, 15) is 14.0 Å². The minimum absolute atomic E-state index is 0.0310. The summed E-state index contributed by atoms with van der Waals surface area (Å²) in [6.45, 7) is 6.69. The van der Waals surface area contributed by atoms with Gasteiger partial charge in [0.25, 0.3) is 0 Å². The molecule has 1 heterocycles. The van der Waals surface area contributed by atoms with Crippen molar-refractivity contribution >= 4 is 23.3 Å². The van der Waals surface area contributed by atoms with E-state index in [-0.39, 0.29) is 18.0 Å². The molecule has 8 heteroatoms. The first-order chi connectivity index (χ1) is 11.3. The van der Waals surface area contributed by atoms with E-state index in [1.807, 2.05) is 24.1 Å². The largest absolute Gasteiger partial charge is 0.374 e. The number of urea groups is 1. The van der Waals surface area contributed by atoms with E-state index in [0.29, 0.717) is 24.5 Å². The number of anilines is 2. The summed E-state index contributed by atoms with van der Waals surface area (Å²) in [5, 5.41) is 4.80. The number of benzene rings is 1. The molecule has 132 valence electrons. The van der Waals surface area contributed by atoms with Crippen LogP contribution in [0.3, 0.4) is 0 Å². The van der Waals surface area contributed by atoms with Gasteiger partial charge in [-0.25, -0.2) is 9.18 Å². The van der Waals surface area contributed by atoms with Gasteiger partial charge in [-0.1, -0.05) is 0 Å². The number of imide groups is 1. The number of rotatable bonds is 4. The van der Waals surface area contributed by atoms with Gasteiger partial charge in [0.1, 0.15) is 11.9 Å². The fourth-order valence-corrected chi connectivity index (χ4v) is 2.77. The summed E-state index contributed by atoms with van der Waals surface area (Å²) in [6, 6.07) is 3.03. The lowest BCUT2D eigenvalue weighted by molar-refractivity contribution is -0.120. The van der Waals surface area contributed by atoms with E-state index >= 15 is 0 Å². The molecular formula is C16H23FN4O3. The number of hydrogen-bond acceptors (Lipinski definition) is 5. The Labute approximate surface area is 140 Å². The number of halogens is 1. The van der Waals surface area contributed by atoms with Gasteiger partial charge in [-0.3, -0.25) is 10.1 Å². The van der Waals surface area contributed by atoms with Gasteiger partial charge in [-0.15, -0.1) is 0 Å². The van der Waals surface area contributed by atoms with Gasteiger partial charge in [0.15, 0.2) is 0 Å². The Morgan fingerprint density at radius 2 is 1.96 bits per heavy atom. The van der Waals surface area contributed by atoms with Crippen molar-refractivity contribution in [3.8, 4) is 0 Å². The van der Waals surface area contributed by atoms with Crippen molar-refractivity contribution in [1.82, 2.24) is 5.32 Å². The first-order valence-corrected chi connectivity index (χ1v) is 7.83. The normalized spacial score (nSPS) is 21.9. The maximum atomic E-state index is 14.5. The van der Waals surface area contributed by atoms with E-state index in [4.69, 9.17) is 10.5 Å². The van der Waals surface area contributed by atoms with Gasteiger partial charge in [0.05, 0.1) is 17.9 Å². The predicted molar refractivity (Wildman–Crippen MR) is 89.4 cm³/mol. The van der Waals surface area contributed by atoms with Gasteiger partial charge < -0.3 is 20.7 Å². The van der Waals surface area contributed by atoms with Crippen LogP contribution in [0.2, 0.25) is 0 Å². The average Bonchev–Trinajstić information content (AvgIpc) is 2.45. The van der Waals surface area contributed by atoms with Crippen LogP contribution in [0, 0.1) is 5.82 Å². The van der Waals surface area contributed by atoms with Crippen molar-refractivity contribution in [1.29, 1.82) is 0 Å². The van der Waals surface area contributed by atoms with Crippen LogP contribution in [0.4, 0.5) is 20.6 Å². The van der Waals surface area contributed by atoms with Crippen LogP contribution in [0.25, 0.3) is 0 Å². The summed E-state index contributed by atoms with van der Waals surface area (Å²) >= 11 is 0. The molecule has 24 heavy (non-hydrogen) atoms. The van der Waals surface area contributed by atoms with E-state index < -0.39 is 18.0 Å². The number of nitrogens with one attached hydrogen (secondary N) is 2. The summed E-state index contributed by atoms with van der Waals surface area (Å²) in [7, 11) is 0. The fourth-order valence-electron chi connectivity index (χ4n) is 2.77. The lowest BCUT2D eigenvalue weighted by Gasteiger charge is -2.37. The second-order valence-electron chi connectivity index (χ2n) is 6.05. The third-order valence-electron chi connectivity index (χ3n) is 3.73. The molecule has 1 fully saturated rings. The zero-order chi connectivity index (χ0) is 17.9. The lowest BCUT2D eigenvalue weighted by Crippen LogP contribution is -2.45. The first kappa shape index (κ1) is 18.0. The molecule has 1 aliphatic heterocycles. The maximum absolute atomic E-state index is 14.5. The van der Waals surface area contributed by atoms with Gasteiger partial charge in [0.2, 0.25) is 5.91 Å². The number of nitrogens with two attached hydrogens (primary N) is 1. The van der Waals surface area contributed by atoms with Gasteiger partial charge in [0, 0.05) is 18.8 Å². The molecule has 0 spiro atoms. The Balaban J connectivity index is 2.06. The highest BCUT2D eigenvalue weighted by atomic mass is 19.1. The fraction of sp³-hybridized carbons (Fsp3) is 0.500. The molecule has 0 bridgehead atoms. The number of ether oxygens (including phenoxy) is 1. The molecule has 3 atom stereocenters. The summed E-state index contributed by atoms with van der Waals surface area (Å²) in [5.41, 5.74) is 5.84. The third-order valence-corrected chi connectivity index (χ3v) is 3.73. The number of nitrogens with zero attached hydrogens (tertiary/aromatic N) is 1. The van der Waals surface area contributed by atoms with Gasteiger partial charge in [-0.05, 0) is 39.0 Å². The van der Waals surface area contributed by atoms with Crippen LogP contribution < -0.4 is 21.3 Å². The van der Waals surface area contributed by atoms with Crippen molar-refractivity contribution in [2.75, 3.05) is 23.3 Å². The Morgan fingerprint density at radius 1 is 1.33 bits per heavy atom. The molecule has 0 unspecified atom stereocenters. The van der Waals surface area contributed by atoms with Crippen molar-refractivity contribution in [3.05, 3.63) is 24.0 Å². The molecule has 7 nitrogen and oxygen atoms in total. The Bertz CT molecular complexity index is 615. The number of carbonyl (C=O) groups is 2. The number of carbonyl (C=O) groups excluding carboxylic acids is 2. The summed E-state index contributed by atoms with van der Waals surface area (Å²) in [5.74, 6) is -0.966. The predicted octanol–water partition coefficient (Wildman–Crippen LogP) is 1.43. The molecular weight excluding hydrogens is 315 g/mol. The molecule has 4 N–H and O–H groups in total. The van der Waals surface area contributed by atoms with E-state index in [1.165, 1.54) is 6.07 Å². The second kappa shape index (κ2) is 7.48. The zero-order valence-electron chi connectivity index (χ0n) is 14.0. The maximum Gasteiger partial charge on any atom is 0.318 e. The smallest absolute Gasteiger partial charge is 0.318 e. The molecule has 1 aromatic carbocycles. The summed E-state index contributed by atoms with van der Waals surface area (Å²) < 4.78 is 20.1. The third kappa shape index (κ3) is 4.58. The first-order valence-electron chi connectivity index (χ1n) is 7.83. The van der Waals surface area contributed by atoms with Crippen LogP contribution >= 0.6 is 0 Å². The number of amides is 3. The van der Waals surface area contributed by atoms with Crippen molar-refractivity contribution in [3.63, 3.8) is 0 Å². The van der Waals surface area contributed by atoms with Crippen LogP contribution in [0.15, 0.2) is 18.2 Å². The van der Waals surface area contributed by atoms with E-state index in [2.05, 4.69) is 5.32 Å². The standard InChI is InChI=1S/C16H23FN4O3/c1-9-7-21(8-10(2)24-9)14-5-4-12(6-13(14)17)19-11(3)15(22)20-16(18)23/h4-6,9-11,19H,7-8H2,1-3H3,(H3,18,20,22,23)/t9-,10-,11-/m1/s1. The summed E-state index contributed by atoms with van der Waals surface area (Å²) in [4.78, 5) is 24.3. The lowest BCUT2D eigenvalue weighted by atomic mass is 10.1. The van der Waals surface area contributed by atoms with Crippen molar-refractivity contribution in [2.24, 2.45) is 5.73 Å². The molecule has 0 radical (unpaired) electrons. The molecule has 3 amide bonds. The van der Waals surface area contributed by atoms with E-state index in [1.54, 1.807) is 19.1 Å². The topological polar surface area (TPSA) is 96.7 Å². The number of primary amides is 1. The molecule has 0 aromatic heterocycles. The SMILES string of the molecule is C[C@@H]1CN(c2ccc(N[C@H](C)C(=O)NC(N)=O)cc2F)C[C@@H](C)O1.